The molecule has 1 unspecified atom stereocenters. The first-order valence-electron chi connectivity index (χ1n) is 4.83. The highest BCUT2D eigenvalue weighted by Crippen LogP contribution is 2.32. The summed E-state index contributed by atoms with van der Waals surface area (Å²) >= 11 is 8.60. The molecule has 5 heteroatoms. The van der Waals surface area contributed by atoms with Crippen LogP contribution in [0.3, 0.4) is 0 Å². The van der Waals surface area contributed by atoms with Gasteiger partial charge in [-0.25, -0.2) is 0 Å². The lowest BCUT2D eigenvalue weighted by atomic mass is 10.1. The fourth-order valence-corrected chi connectivity index (χ4v) is 3.20. The topological polar surface area (TPSA) is 32.3 Å². The van der Waals surface area contributed by atoms with Crippen LogP contribution >= 0.6 is 43.2 Å². The zero-order chi connectivity index (χ0) is 11.4. The number of hydrogen-bond acceptors (Lipinski definition) is 3. The molecule has 1 aromatic heterocycles. The molecular formula is C10H15Br2NOS. The normalized spacial score (nSPS) is 13.5. The van der Waals surface area contributed by atoms with Gasteiger partial charge in [-0.1, -0.05) is 13.8 Å². The standard InChI is InChI=1S/C10H15Br2NOS/c1-6(2)9(14)5-13-4-7-3-8(11)10(12)15-7/h3,6,9,13-14H,4-5H2,1-2H3. The molecule has 0 fully saturated rings. The van der Waals surface area contributed by atoms with Crippen LogP contribution in [-0.2, 0) is 6.54 Å². The van der Waals surface area contributed by atoms with E-state index >= 15 is 0 Å². The van der Waals surface area contributed by atoms with Crippen molar-refractivity contribution in [3.63, 3.8) is 0 Å². The van der Waals surface area contributed by atoms with Gasteiger partial charge in [-0.3, -0.25) is 0 Å². The quantitative estimate of drug-likeness (QED) is 0.847. The van der Waals surface area contributed by atoms with E-state index in [0.717, 1.165) is 14.8 Å². The van der Waals surface area contributed by atoms with Crippen LogP contribution < -0.4 is 5.32 Å². The van der Waals surface area contributed by atoms with E-state index in [0.29, 0.717) is 12.5 Å². The minimum atomic E-state index is -0.267. The summed E-state index contributed by atoms with van der Waals surface area (Å²) in [4.78, 5) is 1.25. The molecule has 0 saturated heterocycles. The Hall–Kier alpha value is 0.580. The summed E-state index contributed by atoms with van der Waals surface area (Å²) in [6.45, 7) is 5.48. The lowest BCUT2D eigenvalue weighted by Gasteiger charge is -2.14. The van der Waals surface area contributed by atoms with Gasteiger partial charge < -0.3 is 10.4 Å². The molecule has 1 heterocycles. The zero-order valence-electron chi connectivity index (χ0n) is 8.76. The molecule has 0 amide bonds. The van der Waals surface area contributed by atoms with Crippen molar-refractivity contribution in [2.75, 3.05) is 6.54 Å². The highest BCUT2D eigenvalue weighted by Gasteiger charge is 2.09. The maximum atomic E-state index is 9.59. The second-order valence-corrected chi connectivity index (χ2v) is 7.09. The van der Waals surface area contributed by atoms with E-state index < -0.39 is 0 Å². The molecular weight excluding hydrogens is 342 g/mol. The van der Waals surface area contributed by atoms with Crippen molar-refractivity contribution >= 4 is 43.2 Å². The first kappa shape index (κ1) is 13.6. The predicted molar refractivity (Wildman–Crippen MR) is 72.3 cm³/mol. The van der Waals surface area contributed by atoms with Crippen molar-refractivity contribution in [3.05, 3.63) is 19.2 Å². The molecule has 0 aliphatic carbocycles. The van der Waals surface area contributed by atoms with Gasteiger partial charge >= 0.3 is 0 Å². The van der Waals surface area contributed by atoms with Crippen LogP contribution in [0.15, 0.2) is 14.3 Å². The molecule has 0 spiro atoms. The Morgan fingerprint density at radius 3 is 2.60 bits per heavy atom. The highest BCUT2D eigenvalue weighted by molar-refractivity contribution is 9.13. The maximum Gasteiger partial charge on any atom is 0.0843 e. The summed E-state index contributed by atoms with van der Waals surface area (Å²) < 4.78 is 2.21. The molecule has 86 valence electrons. The van der Waals surface area contributed by atoms with E-state index in [9.17, 15) is 5.11 Å². The van der Waals surface area contributed by atoms with E-state index in [-0.39, 0.29) is 6.10 Å². The van der Waals surface area contributed by atoms with Crippen molar-refractivity contribution in [3.8, 4) is 0 Å². The average molecular weight is 357 g/mol. The summed E-state index contributed by atoms with van der Waals surface area (Å²) in [6.07, 6.45) is -0.267. The van der Waals surface area contributed by atoms with Crippen LogP contribution in [-0.4, -0.2) is 17.8 Å². The van der Waals surface area contributed by atoms with Gasteiger partial charge in [0.2, 0.25) is 0 Å². The van der Waals surface area contributed by atoms with Gasteiger partial charge in [0.05, 0.1) is 9.89 Å². The number of hydrogen-bond donors (Lipinski definition) is 2. The number of halogens is 2. The summed E-state index contributed by atoms with van der Waals surface area (Å²) in [5, 5.41) is 12.8. The van der Waals surface area contributed by atoms with Gasteiger partial charge in [-0.05, 0) is 43.8 Å². The van der Waals surface area contributed by atoms with Crippen LogP contribution in [0.1, 0.15) is 18.7 Å². The van der Waals surface area contributed by atoms with E-state index in [2.05, 4.69) is 43.2 Å². The lowest BCUT2D eigenvalue weighted by molar-refractivity contribution is 0.123. The van der Waals surface area contributed by atoms with Crippen LogP contribution in [0.2, 0.25) is 0 Å². The molecule has 1 atom stereocenters. The minimum absolute atomic E-state index is 0.267. The third-order valence-corrected chi connectivity index (χ3v) is 5.37. The van der Waals surface area contributed by atoms with Crippen molar-refractivity contribution in [2.24, 2.45) is 5.92 Å². The SMILES string of the molecule is CC(C)C(O)CNCc1cc(Br)c(Br)s1. The second kappa shape index (κ2) is 6.35. The van der Waals surface area contributed by atoms with Crippen molar-refractivity contribution in [2.45, 2.75) is 26.5 Å². The molecule has 0 radical (unpaired) electrons. The van der Waals surface area contributed by atoms with Crippen LogP contribution in [0, 0.1) is 5.92 Å². The molecule has 1 rings (SSSR count). The van der Waals surface area contributed by atoms with E-state index in [1.165, 1.54) is 4.88 Å². The second-order valence-electron chi connectivity index (χ2n) is 3.78. The van der Waals surface area contributed by atoms with Crippen LogP contribution in [0.5, 0.6) is 0 Å². The molecule has 0 saturated carbocycles. The maximum absolute atomic E-state index is 9.59. The predicted octanol–water partition coefficient (Wildman–Crippen LogP) is 3.38. The third kappa shape index (κ3) is 4.53. The summed E-state index contributed by atoms with van der Waals surface area (Å²) in [6, 6.07) is 2.09. The summed E-state index contributed by atoms with van der Waals surface area (Å²) in [5.41, 5.74) is 0. The molecule has 0 aliphatic rings. The van der Waals surface area contributed by atoms with Crippen molar-refractivity contribution in [1.29, 1.82) is 0 Å². The number of aliphatic hydroxyl groups is 1. The van der Waals surface area contributed by atoms with E-state index in [4.69, 9.17) is 0 Å². The van der Waals surface area contributed by atoms with Gasteiger partial charge in [0, 0.05) is 22.4 Å². The van der Waals surface area contributed by atoms with Gasteiger partial charge in [-0.2, -0.15) is 0 Å². The zero-order valence-corrected chi connectivity index (χ0v) is 12.7. The highest BCUT2D eigenvalue weighted by atomic mass is 79.9. The third-order valence-electron chi connectivity index (χ3n) is 2.12. The monoisotopic (exact) mass is 355 g/mol. The van der Waals surface area contributed by atoms with Crippen LogP contribution in [0.25, 0.3) is 0 Å². The smallest absolute Gasteiger partial charge is 0.0843 e. The average Bonchev–Trinajstić information content (AvgIpc) is 2.46. The molecule has 15 heavy (non-hydrogen) atoms. The Kier molecular flexibility index (Phi) is 5.77. The van der Waals surface area contributed by atoms with Crippen molar-refractivity contribution < 1.29 is 5.11 Å². The fraction of sp³-hybridized carbons (Fsp3) is 0.600. The Balaban J connectivity index is 2.32. The van der Waals surface area contributed by atoms with Crippen molar-refractivity contribution in [1.82, 2.24) is 5.32 Å². The lowest BCUT2D eigenvalue weighted by Crippen LogP contribution is -2.29. The van der Waals surface area contributed by atoms with E-state index in [1.807, 2.05) is 13.8 Å². The van der Waals surface area contributed by atoms with Gasteiger partial charge in [0.25, 0.3) is 0 Å². The fourth-order valence-electron chi connectivity index (χ4n) is 1.06. The Labute approximate surface area is 111 Å². The van der Waals surface area contributed by atoms with Gasteiger partial charge in [0.15, 0.2) is 0 Å². The summed E-state index contributed by atoms with van der Waals surface area (Å²) in [5.74, 6) is 0.305. The van der Waals surface area contributed by atoms with Gasteiger partial charge in [0.1, 0.15) is 0 Å². The number of thiophene rings is 1. The molecule has 0 aliphatic heterocycles. The van der Waals surface area contributed by atoms with E-state index in [1.54, 1.807) is 11.3 Å². The summed E-state index contributed by atoms with van der Waals surface area (Å²) in [7, 11) is 0. The Bertz CT molecular complexity index is 295. The number of nitrogens with one attached hydrogen (secondary N) is 1. The van der Waals surface area contributed by atoms with Crippen LogP contribution in [0.4, 0.5) is 0 Å². The molecule has 1 aromatic rings. The first-order valence-corrected chi connectivity index (χ1v) is 7.23. The Morgan fingerprint density at radius 2 is 2.13 bits per heavy atom. The molecule has 2 N–H and O–H groups in total. The number of aliphatic hydroxyl groups excluding tert-OH is 1. The first-order chi connectivity index (χ1) is 7.00. The molecule has 0 bridgehead atoms. The minimum Gasteiger partial charge on any atom is -0.392 e. The Morgan fingerprint density at radius 1 is 1.47 bits per heavy atom. The van der Waals surface area contributed by atoms with Gasteiger partial charge in [-0.15, -0.1) is 11.3 Å². The molecule has 2 nitrogen and oxygen atoms in total. The molecule has 0 aromatic carbocycles. The number of rotatable bonds is 5. The largest absolute Gasteiger partial charge is 0.392 e.